The molecule has 1 N–H and O–H groups in total. The van der Waals surface area contributed by atoms with Gasteiger partial charge in [-0.15, -0.1) is 0 Å². The molecule has 0 amide bonds. The summed E-state index contributed by atoms with van der Waals surface area (Å²) in [6.45, 7) is 8.60. The average Bonchev–Trinajstić information content (AvgIpc) is 2.59. The first kappa shape index (κ1) is 10.1. The Morgan fingerprint density at radius 2 is 1.87 bits per heavy atom. The maximum absolute atomic E-state index is 3.34. The van der Waals surface area contributed by atoms with Crippen LogP contribution in [0.4, 0.5) is 5.69 Å². The second kappa shape index (κ2) is 3.97. The second-order valence-corrected chi connectivity index (χ2v) is 3.90. The minimum absolute atomic E-state index is 1.06. The number of hydrogen-bond acceptors (Lipinski definition) is 1. The van der Waals surface area contributed by atoms with Crippen LogP contribution in [0.15, 0.2) is 24.3 Å². The Labute approximate surface area is 90.9 Å². The Kier molecular flexibility index (Phi) is 2.67. The van der Waals surface area contributed by atoms with E-state index < -0.39 is 0 Å². The molecule has 0 atom stereocenters. The van der Waals surface area contributed by atoms with Crippen molar-refractivity contribution in [3.05, 3.63) is 30.0 Å². The molecule has 0 saturated carbocycles. The first-order valence-electron chi connectivity index (χ1n) is 5.59. The van der Waals surface area contributed by atoms with E-state index in [1.165, 1.54) is 22.3 Å². The van der Waals surface area contributed by atoms with Gasteiger partial charge in [0.05, 0.1) is 0 Å². The first-order chi connectivity index (χ1) is 7.24. The van der Waals surface area contributed by atoms with Crippen molar-refractivity contribution in [2.45, 2.75) is 20.8 Å². The molecule has 0 aliphatic heterocycles. The van der Waals surface area contributed by atoms with Gasteiger partial charge < -0.3 is 9.88 Å². The Hall–Kier alpha value is -1.44. The lowest BCUT2D eigenvalue weighted by atomic mass is 10.2. The molecule has 0 aliphatic carbocycles. The Morgan fingerprint density at radius 1 is 1.13 bits per heavy atom. The van der Waals surface area contributed by atoms with Crippen LogP contribution in [-0.4, -0.2) is 18.1 Å². The van der Waals surface area contributed by atoms with Gasteiger partial charge in [-0.25, -0.2) is 0 Å². The minimum Gasteiger partial charge on any atom is -0.372 e. The number of anilines is 1. The van der Waals surface area contributed by atoms with Crippen molar-refractivity contribution >= 4 is 16.6 Å². The third kappa shape index (κ3) is 1.84. The summed E-state index contributed by atoms with van der Waals surface area (Å²) < 4.78 is 0. The van der Waals surface area contributed by atoms with Crippen LogP contribution in [0.2, 0.25) is 0 Å². The van der Waals surface area contributed by atoms with Crippen LogP contribution in [0.25, 0.3) is 10.9 Å². The normalized spacial score (nSPS) is 10.9. The fourth-order valence-electron chi connectivity index (χ4n) is 2.05. The van der Waals surface area contributed by atoms with Gasteiger partial charge in [-0.1, -0.05) is 0 Å². The summed E-state index contributed by atoms with van der Waals surface area (Å²) in [6, 6.07) is 8.80. The molecule has 2 heteroatoms. The maximum atomic E-state index is 3.34. The second-order valence-electron chi connectivity index (χ2n) is 3.90. The van der Waals surface area contributed by atoms with Crippen LogP contribution >= 0.6 is 0 Å². The molecule has 0 fully saturated rings. The fraction of sp³-hybridized carbons (Fsp3) is 0.385. The highest BCUT2D eigenvalue weighted by atomic mass is 15.1. The van der Waals surface area contributed by atoms with Crippen molar-refractivity contribution in [2.24, 2.45) is 0 Å². The van der Waals surface area contributed by atoms with E-state index in [0.29, 0.717) is 0 Å². The predicted molar refractivity (Wildman–Crippen MR) is 66.6 cm³/mol. The van der Waals surface area contributed by atoms with Crippen molar-refractivity contribution in [1.82, 2.24) is 4.98 Å². The van der Waals surface area contributed by atoms with Crippen molar-refractivity contribution in [3.63, 3.8) is 0 Å². The van der Waals surface area contributed by atoms with Crippen LogP contribution < -0.4 is 4.90 Å². The maximum Gasteiger partial charge on any atom is 0.0457 e. The summed E-state index contributed by atoms with van der Waals surface area (Å²) in [7, 11) is 0. The van der Waals surface area contributed by atoms with Gasteiger partial charge in [0.15, 0.2) is 0 Å². The fourth-order valence-corrected chi connectivity index (χ4v) is 2.05. The predicted octanol–water partition coefficient (Wildman–Crippen LogP) is 3.32. The third-order valence-corrected chi connectivity index (χ3v) is 2.87. The molecule has 0 spiro atoms. The molecule has 1 aromatic heterocycles. The number of fused-ring (bicyclic) bond motifs is 1. The van der Waals surface area contributed by atoms with E-state index in [4.69, 9.17) is 0 Å². The topological polar surface area (TPSA) is 19.0 Å². The molecule has 1 heterocycles. The van der Waals surface area contributed by atoms with Crippen molar-refractivity contribution in [3.8, 4) is 0 Å². The lowest BCUT2D eigenvalue weighted by molar-refractivity contribution is 0.867. The van der Waals surface area contributed by atoms with Gasteiger partial charge in [0.2, 0.25) is 0 Å². The molecule has 2 rings (SSSR count). The smallest absolute Gasteiger partial charge is 0.0457 e. The summed E-state index contributed by atoms with van der Waals surface area (Å²) >= 11 is 0. The molecule has 15 heavy (non-hydrogen) atoms. The zero-order chi connectivity index (χ0) is 10.8. The van der Waals surface area contributed by atoms with Crippen LogP contribution in [0, 0.1) is 6.92 Å². The summed E-state index contributed by atoms with van der Waals surface area (Å²) in [5.74, 6) is 0. The van der Waals surface area contributed by atoms with Crippen LogP contribution in [0.1, 0.15) is 19.5 Å². The zero-order valence-electron chi connectivity index (χ0n) is 9.67. The van der Waals surface area contributed by atoms with E-state index in [-0.39, 0.29) is 0 Å². The summed E-state index contributed by atoms with van der Waals surface area (Å²) in [6.07, 6.45) is 0. The molecule has 0 saturated heterocycles. The molecular weight excluding hydrogens is 184 g/mol. The van der Waals surface area contributed by atoms with Gasteiger partial charge in [0, 0.05) is 35.4 Å². The number of rotatable bonds is 3. The number of aryl methyl sites for hydroxylation is 1. The molecule has 0 radical (unpaired) electrons. The number of nitrogens with zero attached hydrogens (tertiary/aromatic N) is 1. The Balaban J connectivity index is 2.45. The molecular formula is C13H18N2. The van der Waals surface area contributed by atoms with Crippen LogP contribution in [-0.2, 0) is 0 Å². The number of aromatic amines is 1. The Bertz CT molecular complexity index is 453. The van der Waals surface area contributed by atoms with E-state index in [1.54, 1.807) is 0 Å². The standard InChI is InChI=1S/C13H18N2/c1-4-15(5-2)12-6-7-13-11(9-12)8-10(3)14-13/h6-9,14H,4-5H2,1-3H3. The molecule has 2 aromatic rings. The van der Waals surface area contributed by atoms with E-state index in [2.05, 4.69) is 54.9 Å². The monoisotopic (exact) mass is 202 g/mol. The zero-order valence-corrected chi connectivity index (χ0v) is 9.67. The molecule has 1 aromatic carbocycles. The van der Waals surface area contributed by atoms with Crippen molar-refractivity contribution < 1.29 is 0 Å². The largest absolute Gasteiger partial charge is 0.372 e. The third-order valence-electron chi connectivity index (χ3n) is 2.87. The van der Waals surface area contributed by atoms with Gasteiger partial charge in [-0.3, -0.25) is 0 Å². The molecule has 2 nitrogen and oxygen atoms in total. The van der Waals surface area contributed by atoms with Crippen molar-refractivity contribution in [1.29, 1.82) is 0 Å². The van der Waals surface area contributed by atoms with Crippen LogP contribution in [0.3, 0.4) is 0 Å². The Morgan fingerprint density at radius 3 is 2.53 bits per heavy atom. The van der Waals surface area contributed by atoms with Gasteiger partial charge in [0.25, 0.3) is 0 Å². The average molecular weight is 202 g/mol. The number of nitrogens with one attached hydrogen (secondary N) is 1. The molecule has 0 unspecified atom stereocenters. The highest BCUT2D eigenvalue weighted by Gasteiger charge is 2.03. The van der Waals surface area contributed by atoms with Gasteiger partial charge in [-0.05, 0) is 45.0 Å². The lowest BCUT2D eigenvalue weighted by Crippen LogP contribution is -2.21. The lowest BCUT2D eigenvalue weighted by Gasteiger charge is -2.20. The number of H-pyrrole nitrogens is 1. The molecule has 80 valence electrons. The number of aromatic nitrogens is 1. The highest BCUT2D eigenvalue weighted by molar-refractivity contribution is 5.84. The summed E-state index contributed by atoms with van der Waals surface area (Å²) in [5, 5.41) is 1.30. The summed E-state index contributed by atoms with van der Waals surface area (Å²) in [4.78, 5) is 5.70. The molecule has 0 aliphatic rings. The van der Waals surface area contributed by atoms with Crippen molar-refractivity contribution in [2.75, 3.05) is 18.0 Å². The van der Waals surface area contributed by atoms with E-state index in [0.717, 1.165) is 13.1 Å². The van der Waals surface area contributed by atoms with Gasteiger partial charge in [0.1, 0.15) is 0 Å². The van der Waals surface area contributed by atoms with Gasteiger partial charge >= 0.3 is 0 Å². The number of hydrogen-bond donors (Lipinski definition) is 1. The molecule has 0 bridgehead atoms. The van der Waals surface area contributed by atoms with E-state index in [1.807, 2.05) is 0 Å². The quantitative estimate of drug-likeness (QED) is 0.809. The SMILES string of the molecule is CCN(CC)c1ccc2[nH]c(C)cc2c1. The summed E-state index contributed by atoms with van der Waals surface area (Å²) in [5.41, 5.74) is 3.76. The van der Waals surface area contributed by atoms with Crippen LogP contribution in [0.5, 0.6) is 0 Å². The highest BCUT2D eigenvalue weighted by Crippen LogP contribution is 2.22. The van der Waals surface area contributed by atoms with E-state index in [9.17, 15) is 0 Å². The van der Waals surface area contributed by atoms with E-state index >= 15 is 0 Å². The minimum atomic E-state index is 1.06. The van der Waals surface area contributed by atoms with Gasteiger partial charge in [-0.2, -0.15) is 0 Å². The number of benzene rings is 1. The first-order valence-corrected chi connectivity index (χ1v) is 5.59.